The second kappa shape index (κ2) is 5.82. The monoisotopic (exact) mass is 228 g/mol. The Balaban J connectivity index is 2.43. The number of nitrogens with zero attached hydrogens (tertiary/aromatic N) is 1. The molecule has 1 amide bonds. The number of amides is 1. The van der Waals surface area contributed by atoms with Crippen molar-refractivity contribution in [1.82, 2.24) is 10.3 Å². The number of aliphatic hydroxyl groups excluding tert-OH is 1. The van der Waals surface area contributed by atoms with Crippen LogP contribution in [0.25, 0.3) is 0 Å². The van der Waals surface area contributed by atoms with E-state index in [1.807, 2.05) is 13.8 Å². The molecular formula is C10H16N2O2S. The summed E-state index contributed by atoms with van der Waals surface area (Å²) in [5.74, 6) is -0.0592. The van der Waals surface area contributed by atoms with Crippen LogP contribution in [-0.2, 0) is 0 Å². The van der Waals surface area contributed by atoms with E-state index in [9.17, 15) is 4.79 Å². The molecule has 0 aliphatic rings. The normalized spacial score (nSPS) is 10.3. The highest BCUT2D eigenvalue weighted by molar-refractivity contribution is 7.13. The lowest BCUT2D eigenvalue weighted by atomic mass is 10.3. The fraction of sp³-hybridized carbons (Fsp3) is 0.600. The van der Waals surface area contributed by atoms with Crippen molar-refractivity contribution in [3.63, 3.8) is 0 Å². The summed E-state index contributed by atoms with van der Waals surface area (Å²) >= 11 is 1.41. The molecule has 0 atom stereocenters. The molecule has 0 unspecified atom stereocenters. The minimum atomic E-state index is -0.0592. The second-order valence-corrected chi connectivity index (χ2v) is 4.54. The molecule has 5 heteroatoms. The van der Waals surface area contributed by atoms with Crippen LogP contribution < -0.4 is 5.32 Å². The molecule has 1 aromatic heterocycles. The summed E-state index contributed by atoms with van der Waals surface area (Å²) in [6.07, 6.45) is 1.53. The van der Waals surface area contributed by atoms with Gasteiger partial charge in [-0.25, -0.2) is 4.98 Å². The summed E-state index contributed by atoms with van der Waals surface area (Å²) in [6, 6.07) is 0. The molecule has 4 nitrogen and oxygen atoms in total. The zero-order valence-corrected chi connectivity index (χ0v) is 9.86. The average molecular weight is 228 g/mol. The van der Waals surface area contributed by atoms with Crippen molar-refractivity contribution in [3.8, 4) is 0 Å². The standard InChI is InChI=1S/C10H16N2O2S/c1-7-9(15-8(2)12-7)10(14)11-5-3-4-6-13/h13H,3-6H2,1-2H3,(H,11,14). The molecule has 0 aliphatic heterocycles. The van der Waals surface area contributed by atoms with Crippen molar-refractivity contribution >= 4 is 17.2 Å². The maximum Gasteiger partial charge on any atom is 0.263 e. The highest BCUT2D eigenvalue weighted by atomic mass is 32.1. The lowest BCUT2D eigenvalue weighted by molar-refractivity contribution is 0.0955. The molecule has 0 radical (unpaired) electrons. The predicted molar refractivity (Wildman–Crippen MR) is 60.2 cm³/mol. The number of unbranched alkanes of at least 4 members (excludes halogenated alkanes) is 1. The van der Waals surface area contributed by atoms with Crippen LogP contribution in [0, 0.1) is 13.8 Å². The maximum absolute atomic E-state index is 11.6. The molecular weight excluding hydrogens is 212 g/mol. The minimum Gasteiger partial charge on any atom is -0.396 e. The molecule has 0 saturated carbocycles. The number of carbonyl (C=O) groups is 1. The summed E-state index contributed by atoms with van der Waals surface area (Å²) in [4.78, 5) is 16.5. The molecule has 0 fully saturated rings. The van der Waals surface area contributed by atoms with Gasteiger partial charge in [-0.05, 0) is 26.7 Å². The fourth-order valence-corrected chi connectivity index (χ4v) is 2.10. The molecule has 0 bridgehead atoms. The van der Waals surface area contributed by atoms with Gasteiger partial charge in [-0.2, -0.15) is 0 Å². The first kappa shape index (κ1) is 12.1. The Labute approximate surface area is 93.4 Å². The van der Waals surface area contributed by atoms with Gasteiger partial charge in [-0.3, -0.25) is 4.79 Å². The van der Waals surface area contributed by atoms with Gasteiger partial charge in [0, 0.05) is 13.2 Å². The highest BCUT2D eigenvalue weighted by Gasteiger charge is 2.12. The van der Waals surface area contributed by atoms with Crippen molar-refractivity contribution in [2.75, 3.05) is 13.2 Å². The van der Waals surface area contributed by atoms with E-state index in [0.717, 1.165) is 23.5 Å². The summed E-state index contributed by atoms with van der Waals surface area (Å²) < 4.78 is 0. The topological polar surface area (TPSA) is 62.2 Å². The lowest BCUT2D eigenvalue weighted by Gasteiger charge is -2.02. The quantitative estimate of drug-likeness (QED) is 0.746. The van der Waals surface area contributed by atoms with Crippen molar-refractivity contribution in [1.29, 1.82) is 0 Å². The molecule has 2 N–H and O–H groups in total. The molecule has 1 heterocycles. The number of carbonyl (C=O) groups excluding carboxylic acids is 1. The van der Waals surface area contributed by atoms with Gasteiger partial charge in [0.2, 0.25) is 0 Å². The number of nitrogens with one attached hydrogen (secondary N) is 1. The molecule has 0 aromatic carbocycles. The van der Waals surface area contributed by atoms with Crippen molar-refractivity contribution < 1.29 is 9.90 Å². The maximum atomic E-state index is 11.6. The van der Waals surface area contributed by atoms with Crippen molar-refractivity contribution in [2.45, 2.75) is 26.7 Å². The Morgan fingerprint density at radius 2 is 2.20 bits per heavy atom. The Bertz CT molecular complexity index is 336. The third-order valence-electron chi connectivity index (χ3n) is 1.98. The van der Waals surface area contributed by atoms with Crippen LogP contribution in [0.1, 0.15) is 33.2 Å². The summed E-state index contributed by atoms with van der Waals surface area (Å²) in [6.45, 7) is 4.51. The van der Waals surface area contributed by atoms with Crippen molar-refractivity contribution in [3.05, 3.63) is 15.6 Å². The van der Waals surface area contributed by atoms with Gasteiger partial charge >= 0.3 is 0 Å². The van der Waals surface area contributed by atoms with E-state index in [1.54, 1.807) is 0 Å². The number of rotatable bonds is 5. The predicted octanol–water partition coefficient (Wildman–Crippen LogP) is 1.26. The molecule has 0 saturated heterocycles. The van der Waals surface area contributed by atoms with Crippen LogP contribution in [-0.4, -0.2) is 29.1 Å². The first-order chi connectivity index (χ1) is 7.15. The van der Waals surface area contributed by atoms with E-state index < -0.39 is 0 Å². The lowest BCUT2D eigenvalue weighted by Crippen LogP contribution is -2.24. The number of aromatic nitrogens is 1. The van der Waals surface area contributed by atoms with Gasteiger partial charge in [0.1, 0.15) is 4.88 Å². The summed E-state index contributed by atoms with van der Waals surface area (Å²) in [5.41, 5.74) is 0.789. The Morgan fingerprint density at radius 3 is 2.73 bits per heavy atom. The zero-order chi connectivity index (χ0) is 11.3. The Kier molecular flexibility index (Phi) is 4.71. The van der Waals surface area contributed by atoms with Crippen LogP contribution in [0.4, 0.5) is 0 Å². The van der Waals surface area contributed by atoms with Crippen LogP contribution in [0.5, 0.6) is 0 Å². The smallest absolute Gasteiger partial charge is 0.263 e. The van der Waals surface area contributed by atoms with Gasteiger partial charge in [0.05, 0.1) is 10.7 Å². The number of hydrogen-bond acceptors (Lipinski definition) is 4. The van der Waals surface area contributed by atoms with Gasteiger partial charge in [0.15, 0.2) is 0 Å². The van der Waals surface area contributed by atoms with Gasteiger partial charge in [-0.1, -0.05) is 0 Å². The highest BCUT2D eigenvalue weighted by Crippen LogP contribution is 2.16. The average Bonchev–Trinajstić information content (AvgIpc) is 2.52. The van der Waals surface area contributed by atoms with E-state index in [-0.39, 0.29) is 12.5 Å². The van der Waals surface area contributed by atoms with E-state index in [0.29, 0.717) is 11.4 Å². The van der Waals surface area contributed by atoms with Gasteiger partial charge < -0.3 is 10.4 Å². The molecule has 1 rings (SSSR count). The second-order valence-electron chi connectivity index (χ2n) is 3.33. The van der Waals surface area contributed by atoms with Crippen LogP contribution in [0.3, 0.4) is 0 Å². The SMILES string of the molecule is Cc1nc(C)c(C(=O)NCCCCO)s1. The third kappa shape index (κ3) is 3.60. The number of aryl methyl sites for hydroxylation is 2. The largest absolute Gasteiger partial charge is 0.396 e. The van der Waals surface area contributed by atoms with E-state index in [1.165, 1.54) is 11.3 Å². The van der Waals surface area contributed by atoms with Crippen LogP contribution in [0.2, 0.25) is 0 Å². The Morgan fingerprint density at radius 1 is 1.47 bits per heavy atom. The van der Waals surface area contributed by atoms with Crippen LogP contribution in [0.15, 0.2) is 0 Å². The molecule has 0 aliphatic carbocycles. The molecule has 0 spiro atoms. The molecule has 15 heavy (non-hydrogen) atoms. The Hall–Kier alpha value is -0.940. The zero-order valence-electron chi connectivity index (χ0n) is 9.04. The number of thiazole rings is 1. The van der Waals surface area contributed by atoms with E-state index in [2.05, 4.69) is 10.3 Å². The first-order valence-corrected chi connectivity index (χ1v) is 5.80. The summed E-state index contributed by atoms with van der Waals surface area (Å²) in [5, 5.41) is 12.3. The fourth-order valence-electron chi connectivity index (χ4n) is 1.26. The number of aliphatic hydroxyl groups is 1. The molecule has 84 valence electrons. The number of hydrogen-bond donors (Lipinski definition) is 2. The van der Waals surface area contributed by atoms with Gasteiger partial charge in [-0.15, -0.1) is 11.3 Å². The van der Waals surface area contributed by atoms with Crippen molar-refractivity contribution in [2.24, 2.45) is 0 Å². The summed E-state index contributed by atoms with van der Waals surface area (Å²) in [7, 11) is 0. The van der Waals surface area contributed by atoms with E-state index in [4.69, 9.17) is 5.11 Å². The van der Waals surface area contributed by atoms with Crippen LogP contribution >= 0.6 is 11.3 Å². The third-order valence-corrected chi connectivity index (χ3v) is 3.05. The molecule has 1 aromatic rings. The minimum absolute atomic E-state index is 0.0592. The van der Waals surface area contributed by atoms with Gasteiger partial charge in [0.25, 0.3) is 5.91 Å². The van der Waals surface area contributed by atoms with E-state index >= 15 is 0 Å². The first-order valence-electron chi connectivity index (χ1n) is 4.98.